The average molecular weight is 439 g/mol. The molecule has 0 aliphatic heterocycles. The first kappa shape index (κ1) is 18.3. The molecule has 28 heavy (non-hydrogen) atoms. The van der Waals surface area contributed by atoms with Crippen molar-refractivity contribution in [3.8, 4) is 11.3 Å². The molecule has 4 rings (SSSR count). The van der Waals surface area contributed by atoms with E-state index in [4.69, 9.17) is 0 Å². The number of carbonyl (C=O) groups excluding carboxylic acids is 1. The van der Waals surface area contributed by atoms with Crippen LogP contribution < -0.4 is 5.32 Å². The third kappa shape index (κ3) is 3.64. The highest BCUT2D eigenvalue weighted by Gasteiger charge is 2.15. The fourth-order valence-electron chi connectivity index (χ4n) is 2.93. The van der Waals surface area contributed by atoms with Crippen LogP contribution in [0.1, 0.15) is 10.4 Å². The lowest BCUT2D eigenvalue weighted by Crippen LogP contribution is -2.13. The molecule has 4 aromatic rings. The summed E-state index contributed by atoms with van der Waals surface area (Å²) >= 11 is 3.44. The zero-order chi connectivity index (χ0) is 19.7. The Labute approximate surface area is 168 Å². The van der Waals surface area contributed by atoms with E-state index in [1.54, 1.807) is 12.1 Å². The SMILES string of the molecule is O=C(Nc1ccc(F)c(F)c1)c1cc(-c2cccc(Br)c2)nc2ccccc12. The number of nitrogens with one attached hydrogen (secondary N) is 1. The minimum Gasteiger partial charge on any atom is -0.322 e. The summed E-state index contributed by atoms with van der Waals surface area (Å²) in [6.45, 7) is 0. The van der Waals surface area contributed by atoms with Gasteiger partial charge >= 0.3 is 0 Å². The van der Waals surface area contributed by atoms with Gasteiger partial charge in [-0.3, -0.25) is 4.79 Å². The third-order valence-corrected chi connectivity index (χ3v) is 4.75. The van der Waals surface area contributed by atoms with E-state index < -0.39 is 17.5 Å². The van der Waals surface area contributed by atoms with Crippen LogP contribution in [-0.4, -0.2) is 10.9 Å². The van der Waals surface area contributed by atoms with Gasteiger partial charge in [0.05, 0.1) is 16.8 Å². The summed E-state index contributed by atoms with van der Waals surface area (Å²) in [5.74, 6) is -2.42. The summed E-state index contributed by atoms with van der Waals surface area (Å²) in [5, 5.41) is 3.29. The van der Waals surface area contributed by atoms with Gasteiger partial charge in [-0.2, -0.15) is 0 Å². The van der Waals surface area contributed by atoms with E-state index >= 15 is 0 Å². The number of anilines is 1. The van der Waals surface area contributed by atoms with Gasteiger partial charge < -0.3 is 5.32 Å². The van der Waals surface area contributed by atoms with Crippen LogP contribution in [0, 0.1) is 11.6 Å². The van der Waals surface area contributed by atoms with Gasteiger partial charge in [0, 0.05) is 27.2 Å². The van der Waals surface area contributed by atoms with Crippen LogP contribution in [0.5, 0.6) is 0 Å². The Bertz CT molecular complexity index is 1210. The molecule has 1 amide bonds. The molecule has 6 heteroatoms. The van der Waals surface area contributed by atoms with Gasteiger partial charge in [0.2, 0.25) is 0 Å². The molecule has 0 atom stereocenters. The quantitative estimate of drug-likeness (QED) is 0.413. The van der Waals surface area contributed by atoms with Gasteiger partial charge in [0.15, 0.2) is 11.6 Å². The number of carbonyl (C=O) groups is 1. The summed E-state index contributed by atoms with van der Waals surface area (Å²) < 4.78 is 27.5. The average Bonchev–Trinajstić information content (AvgIpc) is 2.70. The molecule has 0 spiro atoms. The molecular formula is C22H13BrF2N2O. The first-order chi connectivity index (χ1) is 13.5. The van der Waals surface area contributed by atoms with Crippen molar-refractivity contribution in [1.29, 1.82) is 0 Å². The molecule has 0 saturated carbocycles. The first-order valence-corrected chi connectivity index (χ1v) is 9.23. The number of halogens is 3. The molecule has 0 radical (unpaired) electrons. The van der Waals surface area contributed by atoms with E-state index in [2.05, 4.69) is 26.2 Å². The van der Waals surface area contributed by atoms with Crippen LogP contribution in [-0.2, 0) is 0 Å². The Kier molecular flexibility index (Phi) is 4.88. The van der Waals surface area contributed by atoms with E-state index in [9.17, 15) is 13.6 Å². The third-order valence-electron chi connectivity index (χ3n) is 4.26. The maximum absolute atomic E-state index is 13.5. The van der Waals surface area contributed by atoms with E-state index in [0.717, 1.165) is 22.2 Å². The predicted molar refractivity (Wildman–Crippen MR) is 109 cm³/mol. The molecule has 0 aliphatic carbocycles. The number of rotatable bonds is 3. The number of benzene rings is 3. The van der Waals surface area contributed by atoms with E-state index in [1.165, 1.54) is 6.07 Å². The Morgan fingerprint density at radius 2 is 1.71 bits per heavy atom. The Balaban J connectivity index is 1.80. The molecule has 138 valence electrons. The number of aromatic nitrogens is 1. The second kappa shape index (κ2) is 7.48. The molecule has 0 bridgehead atoms. The van der Waals surface area contributed by atoms with E-state index in [-0.39, 0.29) is 5.69 Å². The molecule has 0 unspecified atom stereocenters. The Hall–Kier alpha value is -3.12. The van der Waals surface area contributed by atoms with Gasteiger partial charge in [-0.1, -0.05) is 46.3 Å². The van der Waals surface area contributed by atoms with Crippen LogP contribution in [0.3, 0.4) is 0 Å². The zero-order valence-electron chi connectivity index (χ0n) is 14.4. The van der Waals surface area contributed by atoms with Crippen LogP contribution in [0.15, 0.2) is 77.3 Å². The molecule has 0 saturated heterocycles. The Morgan fingerprint density at radius 1 is 0.893 bits per heavy atom. The zero-order valence-corrected chi connectivity index (χ0v) is 16.0. The number of hydrogen-bond donors (Lipinski definition) is 1. The van der Waals surface area contributed by atoms with Gasteiger partial charge in [-0.15, -0.1) is 0 Å². The molecule has 1 N–H and O–H groups in total. The lowest BCUT2D eigenvalue weighted by Gasteiger charge is -2.11. The molecule has 1 heterocycles. The van der Waals surface area contributed by atoms with Crippen LogP contribution in [0.2, 0.25) is 0 Å². The second-order valence-corrected chi connectivity index (χ2v) is 7.08. The van der Waals surface area contributed by atoms with Crippen LogP contribution in [0.25, 0.3) is 22.2 Å². The fraction of sp³-hybridized carbons (Fsp3) is 0. The highest BCUT2D eigenvalue weighted by Crippen LogP contribution is 2.27. The van der Waals surface area contributed by atoms with Gasteiger partial charge in [0.25, 0.3) is 5.91 Å². The lowest BCUT2D eigenvalue weighted by molar-refractivity contribution is 0.102. The van der Waals surface area contributed by atoms with Gasteiger partial charge in [-0.25, -0.2) is 13.8 Å². The second-order valence-electron chi connectivity index (χ2n) is 6.17. The van der Waals surface area contributed by atoms with Crippen molar-refractivity contribution in [2.24, 2.45) is 0 Å². The van der Waals surface area contributed by atoms with Crippen molar-refractivity contribution in [2.75, 3.05) is 5.32 Å². The van der Waals surface area contributed by atoms with Crippen molar-refractivity contribution < 1.29 is 13.6 Å². The maximum atomic E-state index is 13.5. The van der Waals surface area contributed by atoms with Crippen LogP contribution >= 0.6 is 15.9 Å². The van der Waals surface area contributed by atoms with Crippen molar-refractivity contribution in [2.45, 2.75) is 0 Å². The fourth-order valence-corrected chi connectivity index (χ4v) is 3.33. The smallest absolute Gasteiger partial charge is 0.256 e. The summed E-state index contributed by atoms with van der Waals surface area (Å²) in [6.07, 6.45) is 0. The Morgan fingerprint density at radius 3 is 2.50 bits per heavy atom. The number of fused-ring (bicyclic) bond motifs is 1. The van der Waals surface area contributed by atoms with Crippen molar-refractivity contribution in [3.63, 3.8) is 0 Å². The number of para-hydroxylation sites is 1. The van der Waals surface area contributed by atoms with Crippen molar-refractivity contribution in [1.82, 2.24) is 4.98 Å². The maximum Gasteiger partial charge on any atom is 0.256 e. The molecule has 0 aliphatic rings. The largest absolute Gasteiger partial charge is 0.322 e. The minimum atomic E-state index is -1.02. The summed E-state index contributed by atoms with van der Waals surface area (Å²) in [6, 6.07) is 19.8. The summed E-state index contributed by atoms with van der Waals surface area (Å²) in [4.78, 5) is 17.6. The summed E-state index contributed by atoms with van der Waals surface area (Å²) in [7, 11) is 0. The molecule has 1 aromatic heterocycles. The van der Waals surface area contributed by atoms with Crippen molar-refractivity contribution >= 4 is 38.4 Å². The number of amides is 1. The summed E-state index contributed by atoms with van der Waals surface area (Å²) in [5.41, 5.74) is 2.71. The monoisotopic (exact) mass is 438 g/mol. The van der Waals surface area contributed by atoms with Gasteiger partial charge in [0.1, 0.15) is 0 Å². The standard InChI is InChI=1S/C22H13BrF2N2O/c23-14-5-3-4-13(10-14)21-12-17(16-6-1-2-7-20(16)27-21)22(28)26-15-8-9-18(24)19(25)11-15/h1-12H,(H,26,28). The van der Waals surface area contributed by atoms with Crippen LogP contribution in [0.4, 0.5) is 14.5 Å². The molecule has 3 nitrogen and oxygen atoms in total. The highest BCUT2D eigenvalue weighted by atomic mass is 79.9. The van der Waals surface area contributed by atoms with E-state index in [1.807, 2.05) is 42.5 Å². The minimum absolute atomic E-state index is 0.175. The van der Waals surface area contributed by atoms with Crippen molar-refractivity contribution in [3.05, 3.63) is 94.5 Å². The van der Waals surface area contributed by atoms with Gasteiger partial charge in [-0.05, 0) is 36.4 Å². The molecule has 3 aromatic carbocycles. The number of hydrogen-bond acceptors (Lipinski definition) is 2. The first-order valence-electron chi connectivity index (χ1n) is 8.43. The number of pyridine rings is 1. The number of nitrogens with zero attached hydrogens (tertiary/aromatic N) is 1. The normalized spacial score (nSPS) is 10.8. The predicted octanol–water partition coefficient (Wildman–Crippen LogP) is 6.19. The molecule has 0 fully saturated rings. The lowest BCUT2D eigenvalue weighted by atomic mass is 10.0. The highest BCUT2D eigenvalue weighted by molar-refractivity contribution is 9.10. The topological polar surface area (TPSA) is 42.0 Å². The van der Waals surface area contributed by atoms with E-state index in [0.29, 0.717) is 22.2 Å². The molecular weight excluding hydrogens is 426 g/mol.